The van der Waals surface area contributed by atoms with Gasteiger partial charge in [0.1, 0.15) is 24.2 Å². The molecule has 6 nitrogen and oxygen atoms in total. The maximum atomic E-state index is 5.98. The Morgan fingerprint density at radius 2 is 1.26 bits per heavy atom. The van der Waals surface area contributed by atoms with E-state index in [0.29, 0.717) is 23.0 Å². The Bertz CT molecular complexity index is 779. The van der Waals surface area contributed by atoms with Gasteiger partial charge in [0.25, 0.3) is 0 Å². The summed E-state index contributed by atoms with van der Waals surface area (Å²) in [5, 5.41) is 0.454. The topological polar surface area (TPSA) is 70.0 Å². The molecule has 0 aliphatic carbocycles. The lowest BCUT2D eigenvalue weighted by Gasteiger charge is -2.13. The first-order valence-corrected chi connectivity index (χ1v) is 7.27. The standard InChI is InChI=1S/C15H10Cl2N4O2/c1-9-10(22-12-5-18-7-20-14(12)16)3-2-4-11(9)23-13-6-19-8-21-15(13)17/h2-8H,1H3. The number of hydrogen-bond donors (Lipinski definition) is 0. The van der Waals surface area contributed by atoms with E-state index in [-0.39, 0.29) is 10.3 Å². The van der Waals surface area contributed by atoms with Gasteiger partial charge in [0, 0.05) is 5.56 Å². The van der Waals surface area contributed by atoms with E-state index in [9.17, 15) is 0 Å². The third-order valence-corrected chi connectivity index (χ3v) is 3.51. The number of aromatic nitrogens is 4. The van der Waals surface area contributed by atoms with Gasteiger partial charge in [0.05, 0.1) is 12.4 Å². The maximum absolute atomic E-state index is 5.98. The second kappa shape index (κ2) is 6.76. The van der Waals surface area contributed by atoms with Crippen LogP contribution in [-0.2, 0) is 0 Å². The van der Waals surface area contributed by atoms with Gasteiger partial charge < -0.3 is 9.47 Å². The Morgan fingerprint density at radius 3 is 1.70 bits per heavy atom. The number of nitrogens with zero attached hydrogens (tertiary/aromatic N) is 4. The average Bonchev–Trinajstić information content (AvgIpc) is 2.55. The maximum Gasteiger partial charge on any atom is 0.182 e. The van der Waals surface area contributed by atoms with E-state index in [2.05, 4.69) is 19.9 Å². The van der Waals surface area contributed by atoms with Crippen LogP contribution in [0.5, 0.6) is 23.0 Å². The summed E-state index contributed by atoms with van der Waals surface area (Å²) in [6, 6.07) is 5.36. The van der Waals surface area contributed by atoms with Crippen molar-refractivity contribution >= 4 is 23.2 Å². The van der Waals surface area contributed by atoms with Gasteiger partial charge in [-0.1, -0.05) is 29.3 Å². The third kappa shape index (κ3) is 3.49. The third-order valence-electron chi connectivity index (χ3n) is 2.94. The minimum atomic E-state index is 0.227. The summed E-state index contributed by atoms with van der Waals surface area (Å²) >= 11 is 12.0. The van der Waals surface area contributed by atoms with E-state index in [0.717, 1.165) is 5.56 Å². The molecule has 0 saturated heterocycles. The molecule has 0 aliphatic rings. The monoisotopic (exact) mass is 348 g/mol. The molecule has 2 aromatic heterocycles. The van der Waals surface area contributed by atoms with Gasteiger partial charge in [0.15, 0.2) is 21.8 Å². The Morgan fingerprint density at radius 1 is 0.783 bits per heavy atom. The second-order valence-electron chi connectivity index (χ2n) is 4.44. The minimum absolute atomic E-state index is 0.227. The fourth-order valence-corrected chi connectivity index (χ4v) is 2.06. The van der Waals surface area contributed by atoms with E-state index < -0.39 is 0 Å². The van der Waals surface area contributed by atoms with Crippen molar-refractivity contribution in [2.24, 2.45) is 0 Å². The summed E-state index contributed by atoms with van der Waals surface area (Å²) < 4.78 is 11.5. The number of ether oxygens (including phenoxy) is 2. The average molecular weight is 349 g/mol. The van der Waals surface area contributed by atoms with Crippen molar-refractivity contribution in [3.63, 3.8) is 0 Å². The molecule has 0 unspecified atom stereocenters. The summed E-state index contributed by atoms with van der Waals surface area (Å²) in [6.45, 7) is 1.85. The van der Waals surface area contributed by atoms with Crippen LogP contribution >= 0.6 is 23.2 Å². The highest BCUT2D eigenvalue weighted by atomic mass is 35.5. The quantitative estimate of drug-likeness (QED) is 0.648. The van der Waals surface area contributed by atoms with Crippen molar-refractivity contribution in [2.45, 2.75) is 6.92 Å². The van der Waals surface area contributed by atoms with Crippen molar-refractivity contribution < 1.29 is 9.47 Å². The van der Waals surface area contributed by atoms with Gasteiger partial charge in [-0.25, -0.2) is 19.9 Å². The van der Waals surface area contributed by atoms with Gasteiger partial charge >= 0.3 is 0 Å². The van der Waals surface area contributed by atoms with Crippen molar-refractivity contribution in [2.75, 3.05) is 0 Å². The Labute approximate surface area is 142 Å². The van der Waals surface area contributed by atoms with Crippen LogP contribution in [0.3, 0.4) is 0 Å². The van der Waals surface area contributed by atoms with Gasteiger partial charge in [-0.3, -0.25) is 0 Å². The van der Waals surface area contributed by atoms with Crippen LogP contribution in [0.15, 0.2) is 43.2 Å². The molecule has 0 N–H and O–H groups in total. The molecule has 23 heavy (non-hydrogen) atoms. The van der Waals surface area contributed by atoms with E-state index in [1.807, 2.05) is 6.92 Å². The Hall–Kier alpha value is -2.44. The molecule has 3 rings (SSSR count). The highest BCUT2D eigenvalue weighted by molar-refractivity contribution is 6.31. The van der Waals surface area contributed by atoms with Gasteiger partial charge in [0.2, 0.25) is 0 Å². The number of hydrogen-bond acceptors (Lipinski definition) is 6. The Kier molecular flexibility index (Phi) is 4.55. The minimum Gasteiger partial charge on any atom is -0.452 e. The van der Waals surface area contributed by atoms with Gasteiger partial charge in [-0.05, 0) is 19.1 Å². The lowest BCUT2D eigenvalue weighted by Crippen LogP contribution is -1.95. The van der Waals surface area contributed by atoms with E-state index >= 15 is 0 Å². The zero-order chi connectivity index (χ0) is 16.2. The highest BCUT2D eigenvalue weighted by Gasteiger charge is 2.12. The predicted molar refractivity (Wildman–Crippen MR) is 85.4 cm³/mol. The molecule has 1 aromatic carbocycles. The first-order valence-electron chi connectivity index (χ1n) is 6.51. The van der Waals surface area contributed by atoms with Crippen LogP contribution in [0.4, 0.5) is 0 Å². The van der Waals surface area contributed by atoms with Crippen molar-refractivity contribution in [3.8, 4) is 23.0 Å². The lowest BCUT2D eigenvalue weighted by molar-refractivity contribution is 0.449. The summed E-state index contributed by atoms with van der Waals surface area (Å²) in [7, 11) is 0. The fourth-order valence-electron chi connectivity index (χ4n) is 1.79. The lowest BCUT2D eigenvalue weighted by atomic mass is 10.2. The Balaban J connectivity index is 1.90. The summed E-state index contributed by atoms with van der Waals surface area (Å²) in [4.78, 5) is 15.5. The largest absolute Gasteiger partial charge is 0.452 e. The number of halogens is 2. The molecule has 8 heteroatoms. The molecule has 116 valence electrons. The molecule has 0 fully saturated rings. The summed E-state index contributed by atoms with van der Waals surface area (Å²) in [5.41, 5.74) is 0.757. The molecule has 0 aliphatic heterocycles. The van der Waals surface area contributed by atoms with Crippen LogP contribution in [-0.4, -0.2) is 19.9 Å². The zero-order valence-electron chi connectivity index (χ0n) is 11.9. The molecule has 2 heterocycles. The zero-order valence-corrected chi connectivity index (χ0v) is 13.4. The smallest absolute Gasteiger partial charge is 0.182 e. The summed E-state index contributed by atoms with van der Waals surface area (Å²) in [6.07, 6.45) is 5.67. The van der Waals surface area contributed by atoms with Crippen LogP contribution in [0.1, 0.15) is 5.56 Å². The van der Waals surface area contributed by atoms with E-state index in [1.54, 1.807) is 18.2 Å². The fraction of sp³-hybridized carbons (Fsp3) is 0.0667. The first-order chi connectivity index (χ1) is 11.1. The molecular formula is C15H10Cl2N4O2. The molecule has 0 saturated carbocycles. The van der Waals surface area contributed by atoms with Gasteiger partial charge in [-0.15, -0.1) is 0 Å². The van der Waals surface area contributed by atoms with Crippen LogP contribution in [0.25, 0.3) is 0 Å². The molecule has 0 bridgehead atoms. The van der Waals surface area contributed by atoms with Crippen molar-refractivity contribution in [1.29, 1.82) is 0 Å². The molecular weight excluding hydrogens is 339 g/mol. The van der Waals surface area contributed by atoms with Crippen LogP contribution in [0.2, 0.25) is 10.3 Å². The van der Waals surface area contributed by atoms with Gasteiger partial charge in [-0.2, -0.15) is 0 Å². The number of benzene rings is 1. The predicted octanol–water partition coefficient (Wildman–Crippen LogP) is 4.47. The highest BCUT2D eigenvalue weighted by Crippen LogP contribution is 2.36. The SMILES string of the molecule is Cc1c(Oc2cncnc2Cl)cccc1Oc1cncnc1Cl. The first kappa shape index (κ1) is 15.5. The molecule has 0 atom stereocenters. The molecule has 0 radical (unpaired) electrons. The van der Waals surface area contributed by atoms with Crippen LogP contribution in [0, 0.1) is 6.92 Å². The second-order valence-corrected chi connectivity index (χ2v) is 5.16. The van der Waals surface area contributed by atoms with E-state index in [4.69, 9.17) is 32.7 Å². The van der Waals surface area contributed by atoms with Crippen LogP contribution < -0.4 is 9.47 Å². The molecule has 0 spiro atoms. The molecule has 0 amide bonds. The summed E-state index contributed by atoms with van der Waals surface area (Å²) in [5.74, 6) is 1.84. The van der Waals surface area contributed by atoms with Crippen molar-refractivity contribution in [1.82, 2.24) is 19.9 Å². The van der Waals surface area contributed by atoms with Crippen molar-refractivity contribution in [3.05, 3.63) is 59.1 Å². The molecule has 3 aromatic rings. The normalized spacial score (nSPS) is 10.4. The number of rotatable bonds is 4. The van der Waals surface area contributed by atoms with E-state index in [1.165, 1.54) is 25.0 Å².